The second-order valence-electron chi connectivity index (χ2n) is 5.03. The van der Waals surface area contributed by atoms with E-state index in [0.717, 1.165) is 25.9 Å². The van der Waals surface area contributed by atoms with Gasteiger partial charge in [0.25, 0.3) is 0 Å². The van der Waals surface area contributed by atoms with Crippen LogP contribution in [-0.2, 0) is 13.0 Å². The maximum Gasteiger partial charge on any atom is 0.0473 e. The van der Waals surface area contributed by atoms with E-state index in [9.17, 15) is 0 Å². The lowest BCUT2D eigenvalue weighted by molar-refractivity contribution is 0.180. The zero-order valence-electron chi connectivity index (χ0n) is 10.8. The van der Waals surface area contributed by atoms with Crippen LogP contribution in [0.1, 0.15) is 31.4 Å². The highest BCUT2D eigenvalue weighted by molar-refractivity contribution is 5.61. The normalized spacial score (nSPS) is 19.4. The summed E-state index contributed by atoms with van der Waals surface area (Å²) in [4.78, 5) is 2.45. The van der Waals surface area contributed by atoms with Crippen LogP contribution < -0.4 is 0 Å². The van der Waals surface area contributed by atoms with Crippen molar-refractivity contribution >= 4 is 6.21 Å². The fourth-order valence-corrected chi connectivity index (χ4v) is 2.64. The molecule has 92 valence electrons. The Kier molecular flexibility index (Phi) is 3.95. The van der Waals surface area contributed by atoms with Crippen molar-refractivity contribution in [3.8, 4) is 0 Å². The van der Waals surface area contributed by atoms with Crippen molar-refractivity contribution in [3.63, 3.8) is 0 Å². The van der Waals surface area contributed by atoms with Crippen molar-refractivity contribution in [3.05, 3.63) is 35.4 Å². The van der Waals surface area contributed by atoms with Crippen LogP contribution >= 0.6 is 0 Å². The third-order valence-corrected chi connectivity index (χ3v) is 3.98. The Hall–Kier alpha value is -1.15. The van der Waals surface area contributed by atoms with Gasteiger partial charge in [0.1, 0.15) is 0 Å². The van der Waals surface area contributed by atoms with Crippen LogP contribution in [0.5, 0.6) is 0 Å². The van der Waals surface area contributed by atoms with Gasteiger partial charge in [-0.05, 0) is 23.5 Å². The molecule has 0 bridgehead atoms. The zero-order valence-corrected chi connectivity index (χ0v) is 10.8. The molecule has 0 aromatic heterocycles. The Morgan fingerprint density at radius 1 is 1.35 bits per heavy atom. The van der Waals surface area contributed by atoms with Gasteiger partial charge < -0.3 is 5.41 Å². The Morgan fingerprint density at radius 3 is 2.71 bits per heavy atom. The molecule has 0 radical (unpaired) electrons. The first-order valence-corrected chi connectivity index (χ1v) is 6.57. The highest BCUT2D eigenvalue weighted by Crippen LogP contribution is 2.23. The number of hydrogen-bond donors (Lipinski definition) is 1. The predicted octanol–water partition coefficient (Wildman–Crippen LogP) is 3.11. The molecular formula is C15H22N2. The van der Waals surface area contributed by atoms with Crippen molar-refractivity contribution in [2.75, 3.05) is 6.54 Å². The summed E-state index contributed by atoms with van der Waals surface area (Å²) in [5.74, 6) is 0.567. The topological polar surface area (TPSA) is 27.1 Å². The van der Waals surface area contributed by atoms with E-state index in [1.165, 1.54) is 11.1 Å². The number of rotatable bonds is 4. The van der Waals surface area contributed by atoms with Crippen molar-refractivity contribution in [2.45, 2.75) is 39.3 Å². The zero-order chi connectivity index (χ0) is 12.3. The Labute approximate surface area is 104 Å². The van der Waals surface area contributed by atoms with Gasteiger partial charge in [0.05, 0.1) is 0 Å². The molecule has 1 aliphatic heterocycles. The van der Waals surface area contributed by atoms with E-state index >= 15 is 0 Å². The molecular weight excluding hydrogens is 208 g/mol. The minimum Gasteiger partial charge on any atom is -0.311 e. The van der Waals surface area contributed by atoms with Crippen LogP contribution in [-0.4, -0.2) is 23.7 Å². The van der Waals surface area contributed by atoms with Crippen molar-refractivity contribution in [2.24, 2.45) is 5.92 Å². The van der Waals surface area contributed by atoms with Gasteiger partial charge in [0.15, 0.2) is 0 Å². The molecule has 2 heteroatoms. The smallest absolute Gasteiger partial charge is 0.0473 e. The maximum absolute atomic E-state index is 7.65. The molecule has 2 rings (SSSR count). The first-order valence-electron chi connectivity index (χ1n) is 6.57. The van der Waals surface area contributed by atoms with Crippen LogP contribution in [0.25, 0.3) is 0 Å². The number of nitrogens with one attached hydrogen (secondary N) is 1. The Morgan fingerprint density at radius 2 is 2.06 bits per heavy atom. The van der Waals surface area contributed by atoms with E-state index in [1.54, 1.807) is 6.21 Å². The predicted molar refractivity (Wildman–Crippen MR) is 72.6 cm³/mol. The van der Waals surface area contributed by atoms with E-state index < -0.39 is 0 Å². The summed E-state index contributed by atoms with van der Waals surface area (Å²) in [6.07, 6.45) is 3.89. The summed E-state index contributed by atoms with van der Waals surface area (Å²) in [6.45, 7) is 6.54. The molecule has 1 N–H and O–H groups in total. The summed E-state index contributed by atoms with van der Waals surface area (Å²) >= 11 is 0. The molecule has 0 fully saturated rings. The minimum atomic E-state index is 0.299. The second-order valence-corrected chi connectivity index (χ2v) is 5.03. The summed E-state index contributed by atoms with van der Waals surface area (Å²) in [6, 6.07) is 8.99. The fraction of sp³-hybridized carbons (Fsp3) is 0.533. The first kappa shape index (κ1) is 12.3. The monoisotopic (exact) mass is 230 g/mol. The average Bonchev–Trinajstić information content (AvgIpc) is 2.39. The summed E-state index contributed by atoms with van der Waals surface area (Å²) in [7, 11) is 0. The molecule has 17 heavy (non-hydrogen) atoms. The van der Waals surface area contributed by atoms with Gasteiger partial charge in [-0.2, -0.15) is 0 Å². The van der Waals surface area contributed by atoms with E-state index in [1.807, 2.05) is 0 Å². The molecule has 1 heterocycles. The van der Waals surface area contributed by atoms with Crippen LogP contribution in [0.2, 0.25) is 0 Å². The molecule has 1 aromatic carbocycles. The third kappa shape index (κ3) is 2.58. The van der Waals surface area contributed by atoms with E-state index in [0.29, 0.717) is 12.0 Å². The van der Waals surface area contributed by atoms with Gasteiger partial charge in [-0.1, -0.05) is 44.5 Å². The lowest BCUT2D eigenvalue weighted by Gasteiger charge is -2.36. The van der Waals surface area contributed by atoms with Crippen LogP contribution in [0.15, 0.2) is 24.3 Å². The molecule has 2 unspecified atom stereocenters. The average molecular weight is 230 g/mol. The quantitative estimate of drug-likeness (QED) is 0.791. The second kappa shape index (κ2) is 5.46. The molecule has 0 spiro atoms. The number of fused-ring (bicyclic) bond motifs is 1. The maximum atomic E-state index is 7.65. The molecule has 2 atom stereocenters. The van der Waals surface area contributed by atoms with Crippen LogP contribution in [0.3, 0.4) is 0 Å². The molecule has 0 saturated heterocycles. The lowest BCUT2D eigenvalue weighted by Crippen LogP contribution is -2.43. The van der Waals surface area contributed by atoms with Crippen molar-refractivity contribution < 1.29 is 0 Å². The van der Waals surface area contributed by atoms with Gasteiger partial charge in [-0.15, -0.1) is 0 Å². The number of hydrogen-bond acceptors (Lipinski definition) is 2. The highest BCUT2D eigenvalue weighted by atomic mass is 15.2. The highest BCUT2D eigenvalue weighted by Gasteiger charge is 2.24. The summed E-state index contributed by atoms with van der Waals surface area (Å²) in [5, 5.41) is 7.65. The molecule has 1 aliphatic rings. The van der Waals surface area contributed by atoms with E-state index in [-0.39, 0.29) is 0 Å². The summed E-state index contributed by atoms with van der Waals surface area (Å²) in [5.41, 5.74) is 2.92. The first-order chi connectivity index (χ1) is 8.26. The van der Waals surface area contributed by atoms with Gasteiger partial charge >= 0.3 is 0 Å². The fourth-order valence-electron chi connectivity index (χ4n) is 2.64. The summed E-state index contributed by atoms with van der Waals surface area (Å²) < 4.78 is 0. The molecule has 2 nitrogen and oxygen atoms in total. The van der Waals surface area contributed by atoms with E-state index in [2.05, 4.69) is 43.0 Å². The molecule has 1 aromatic rings. The number of benzene rings is 1. The lowest BCUT2D eigenvalue weighted by atomic mass is 9.93. The van der Waals surface area contributed by atoms with Gasteiger partial charge in [-0.25, -0.2) is 0 Å². The minimum absolute atomic E-state index is 0.299. The van der Waals surface area contributed by atoms with Crippen LogP contribution in [0.4, 0.5) is 0 Å². The van der Waals surface area contributed by atoms with Crippen molar-refractivity contribution in [1.82, 2.24) is 4.90 Å². The van der Waals surface area contributed by atoms with Gasteiger partial charge in [-0.3, -0.25) is 4.90 Å². The van der Waals surface area contributed by atoms with Gasteiger partial charge in [0, 0.05) is 25.3 Å². The number of nitrogens with zero attached hydrogens (tertiary/aromatic N) is 1. The van der Waals surface area contributed by atoms with E-state index in [4.69, 9.17) is 5.41 Å². The Bertz CT molecular complexity index is 386. The van der Waals surface area contributed by atoms with Crippen molar-refractivity contribution in [1.29, 1.82) is 5.41 Å². The van der Waals surface area contributed by atoms with Gasteiger partial charge in [0.2, 0.25) is 0 Å². The largest absolute Gasteiger partial charge is 0.311 e. The molecule has 0 aliphatic carbocycles. The molecule has 0 amide bonds. The Balaban J connectivity index is 2.13. The SMILES string of the molecule is CCC(C)C(C=N)N1CCc2ccccc2C1. The standard InChI is InChI=1S/C15H22N2/c1-3-12(2)15(10-16)17-9-8-13-6-4-5-7-14(13)11-17/h4-7,10,12,15-16H,3,8-9,11H2,1-2H3. The molecule has 0 saturated carbocycles. The third-order valence-electron chi connectivity index (χ3n) is 3.98. The van der Waals surface area contributed by atoms with Crippen LogP contribution in [0, 0.1) is 11.3 Å².